The number of nitrogens with zero attached hydrogens (tertiary/aromatic N) is 2. The van der Waals surface area contributed by atoms with Crippen LogP contribution in [0.25, 0.3) is 10.9 Å². The number of nitrogens with one attached hydrogen (secondary N) is 1. The highest BCUT2D eigenvalue weighted by atomic mass is 19.1. The fourth-order valence-electron chi connectivity index (χ4n) is 3.94. The number of methoxy groups -OCH3 is 1. The molecule has 2 N–H and O–H groups in total. The lowest BCUT2D eigenvalue weighted by Gasteiger charge is -2.27. The van der Waals surface area contributed by atoms with Crippen LogP contribution >= 0.6 is 0 Å². The number of hydrogen-bond donors (Lipinski definition) is 2. The van der Waals surface area contributed by atoms with Gasteiger partial charge in [-0.1, -0.05) is 6.07 Å². The van der Waals surface area contributed by atoms with Gasteiger partial charge in [0.25, 0.3) is 5.91 Å². The van der Waals surface area contributed by atoms with Gasteiger partial charge in [0.05, 0.1) is 24.4 Å². The van der Waals surface area contributed by atoms with Gasteiger partial charge in [0.1, 0.15) is 11.6 Å². The average molecular weight is 397 g/mol. The second-order valence-electron chi connectivity index (χ2n) is 7.54. The minimum Gasteiger partial charge on any atom is -0.494 e. The van der Waals surface area contributed by atoms with E-state index >= 15 is 0 Å². The molecule has 7 heteroatoms. The molecule has 1 aromatic heterocycles. The van der Waals surface area contributed by atoms with E-state index in [1.807, 2.05) is 16.9 Å². The SMILES string of the molecule is COc1cc2nn([C@H]3CC[C@H](CO)CC3)cc2cc1NC(=O)c1cccc(F)c1. The number of aromatic nitrogens is 2. The second-order valence-corrected chi connectivity index (χ2v) is 7.54. The van der Waals surface area contributed by atoms with Crippen LogP contribution < -0.4 is 10.1 Å². The number of hydrogen-bond acceptors (Lipinski definition) is 4. The first-order chi connectivity index (χ1) is 14.1. The largest absolute Gasteiger partial charge is 0.494 e. The number of benzene rings is 2. The summed E-state index contributed by atoms with van der Waals surface area (Å²) in [7, 11) is 1.53. The molecule has 29 heavy (non-hydrogen) atoms. The van der Waals surface area contributed by atoms with E-state index in [1.165, 1.54) is 25.3 Å². The third-order valence-electron chi connectivity index (χ3n) is 5.63. The molecule has 2 aromatic carbocycles. The Labute approximate surface area is 168 Å². The van der Waals surface area contributed by atoms with Gasteiger partial charge in [0, 0.05) is 29.8 Å². The zero-order chi connectivity index (χ0) is 20.4. The van der Waals surface area contributed by atoms with Crippen LogP contribution in [0, 0.1) is 11.7 Å². The number of ether oxygens (including phenoxy) is 1. The molecular formula is C22H24FN3O3. The second kappa shape index (κ2) is 8.21. The lowest BCUT2D eigenvalue weighted by atomic mass is 9.87. The smallest absolute Gasteiger partial charge is 0.255 e. The predicted octanol–water partition coefficient (Wildman–Crippen LogP) is 4.16. The van der Waals surface area contributed by atoms with Crippen molar-refractivity contribution in [3.05, 3.63) is 54.0 Å². The van der Waals surface area contributed by atoms with Crippen LogP contribution in [0.5, 0.6) is 5.75 Å². The van der Waals surface area contributed by atoms with Crippen LogP contribution in [0.1, 0.15) is 42.1 Å². The van der Waals surface area contributed by atoms with E-state index in [0.717, 1.165) is 36.6 Å². The Morgan fingerprint density at radius 1 is 1.28 bits per heavy atom. The van der Waals surface area contributed by atoms with Gasteiger partial charge in [-0.2, -0.15) is 5.10 Å². The molecule has 0 radical (unpaired) electrons. The maximum absolute atomic E-state index is 13.4. The van der Waals surface area contributed by atoms with Crippen molar-refractivity contribution >= 4 is 22.5 Å². The summed E-state index contributed by atoms with van der Waals surface area (Å²) in [5.74, 6) is 0.0200. The molecule has 0 atom stereocenters. The summed E-state index contributed by atoms with van der Waals surface area (Å²) in [6.45, 7) is 0.249. The third kappa shape index (κ3) is 4.10. The number of carbonyl (C=O) groups is 1. The molecule has 1 aliphatic rings. The van der Waals surface area contributed by atoms with Gasteiger partial charge in [-0.05, 0) is 55.9 Å². The lowest BCUT2D eigenvalue weighted by Crippen LogP contribution is -2.20. The molecule has 1 saturated carbocycles. The zero-order valence-electron chi connectivity index (χ0n) is 16.3. The summed E-state index contributed by atoms with van der Waals surface area (Å²) >= 11 is 0. The molecule has 3 aromatic rings. The van der Waals surface area contributed by atoms with Crippen molar-refractivity contribution < 1.29 is 19.0 Å². The van der Waals surface area contributed by atoms with Gasteiger partial charge in [0.2, 0.25) is 0 Å². The minimum atomic E-state index is -0.461. The molecule has 1 heterocycles. The fourth-order valence-corrected chi connectivity index (χ4v) is 3.94. The van der Waals surface area contributed by atoms with E-state index in [2.05, 4.69) is 5.32 Å². The first kappa shape index (κ1) is 19.4. The number of anilines is 1. The zero-order valence-corrected chi connectivity index (χ0v) is 16.3. The van der Waals surface area contributed by atoms with Crippen molar-refractivity contribution in [3.63, 3.8) is 0 Å². The van der Waals surface area contributed by atoms with Crippen LogP contribution in [-0.4, -0.2) is 34.5 Å². The molecule has 0 aliphatic heterocycles. The summed E-state index contributed by atoms with van der Waals surface area (Å²) < 4.78 is 20.8. The van der Waals surface area contributed by atoms with Crippen molar-refractivity contribution in [1.29, 1.82) is 0 Å². The lowest BCUT2D eigenvalue weighted by molar-refractivity contribution is 0.102. The first-order valence-electron chi connectivity index (χ1n) is 9.82. The molecule has 0 saturated heterocycles. The topological polar surface area (TPSA) is 76.4 Å². The predicted molar refractivity (Wildman–Crippen MR) is 109 cm³/mol. The molecule has 0 unspecified atom stereocenters. The van der Waals surface area contributed by atoms with Gasteiger partial charge in [0.15, 0.2) is 0 Å². The van der Waals surface area contributed by atoms with Gasteiger partial charge < -0.3 is 15.2 Å². The van der Waals surface area contributed by atoms with Crippen molar-refractivity contribution in [2.75, 3.05) is 19.0 Å². The number of amides is 1. The summed E-state index contributed by atoms with van der Waals surface area (Å²) in [5, 5.41) is 17.7. The molecule has 0 bridgehead atoms. The number of fused-ring (bicyclic) bond motifs is 1. The third-order valence-corrected chi connectivity index (χ3v) is 5.63. The number of aliphatic hydroxyl groups excluding tert-OH is 1. The maximum Gasteiger partial charge on any atom is 0.255 e. The van der Waals surface area contributed by atoms with Crippen LogP contribution in [0.2, 0.25) is 0 Å². The molecule has 1 aliphatic carbocycles. The minimum absolute atomic E-state index is 0.239. The van der Waals surface area contributed by atoms with E-state index in [4.69, 9.17) is 9.84 Å². The Morgan fingerprint density at radius 2 is 2.07 bits per heavy atom. The van der Waals surface area contributed by atoms with E-state index in [1.54, 1.807) is 12.1 Å². The van der Waals surface area contributed by atoms with E-state index in [-0.39, 0.29) is 12.2 Å². The van der Waals surface area contributed by atoms with E-state index < -0.39 is 11.7 Å². The Bertz CT molecular complexity index is 1030. The summed E-state index contributed by atoms with van der Waals surface area (Å²) in [6.07, 6.45) is 5.95. The highest BCUT2D eigenvalue weighted by Crippen LogP contribution is 2.35. The Hall–Kier alpha value is -2.93. The Kier molecular flexibility index (Phi) is 5.49. The number of aliphatic hydroxyl groups is 1. The van der Waals surface area contributed by atoms with Gasteiger partial charge >= 0.3 is 0 Å². The maximum atomic E-state index is 13.4. The highest BCUT2D eigenvalue weighted by Gasteiger charge is 2.23. The van der Waals surface area contributed by atoms with Crippen molar-refractivity contribution in [2.45, 2.75) is 31.7 Å². The van der Waals surface area contributed by atoms with Crippen molar-refractivity contribution in [2.24, 2.45) is 5.92 Å². The monoisotopic (exact) mass is 397 g/mol. The highest BCUT2D eigenvalue weighted by molar-refractivity contribution is 6.06. The van der Waals surface area contributed by atoms with Gasteiger partial charge in [-0.3, -0.25) is 9.48 Å². The van der Waals surface area contributed by atoms with Crippen molar-refractivity contribution in [1.82, 2.24) is 9.78 Å². The summed E-state index contributed by atoms with van der Waals surface area (Å²) in [4.78, 5) is 12.5. The standard InChI is InChI=1S/C22H24FN3O3/c1-29-21-11-19-16(12-26(25-19)18-7-5-14(13-27)6-8-18)10-20(21)24-22(28)15-3-2-4-17(23)9-15/h2-4,9-12,14,18,27H,5-8,13H2,1H3,(H,24,28)/t14-,18-. The molecule has 152 valence electrons. The van der Waals surface area contributed by atoms with Crippen LogP contribution in [-0.2, 0) is 0 Å². The number of halogens is 1. The molecule has 6 nitrogen and oxygen atoms in total. The number of carbonyl (C=O) groups excluding carboxylic acids is 1. The fraction of sp³-hybridized carbons (Fsp3) is 0.364. The van der Waals surface area contributed by atoms with E-state index in [9.17, 15) is 14.3 Å². The summed E-state index contributed by atoms with van der Waals surface area (Å²) in [5.41, 5.74) is 1.54. The molecule has 4 rings (SSSR count). The quantitative estimate of drug-likeness (QED) is 0.678. The number of rotatable bonds is 5. The molecule has 1 fully saturated rings. The van der Waals surface area contributed by atoms with E-state index in [0.29, 0.717) is 23.4 Å². The van der Waals surface area contributed by atoms with Crippen LogP contribution in [0.4, 0.5) is 10.1 Å². The molecular weight excluding hydrogens is 373 g/mol. The van der Waals surface area contributed by atoms with Crippen molar-refractivity contribution in [3.8, 4) is 5.75 Å². The first-order valence-corrected chi connectivity index (χ1v) is 9.82. The average Bonchev–Trinajstić information content (AvgIpc) is 3.16. The molecule has 1 amide bonds. The van der Waals surface area contributed by atoms with Gasteiger partial charge in [-0.25, -0.2) is 4.39 Å². The van der Waals surface area contributed by atoms with Crippen LogP contribution in [0.15, 0.2) is 42.6 Å². The van der Waals surface area contributed by atoms with Gasteiger partial charge in [-0.15, -0.1) is 0 Å². The van der Waals surface area contributed by atoms with Crippen LogP contribution in [0.3, 0.4) is 0 Å². The Morgan fingerprint density at radius 3 is 2.76 bits per heavy atom. The summed E-state index contributed by atoms with van der Waals surface area (Å²) in [6, 6.07) is 9.49. The molecule has 0 spiro atoms. The Balaban J connectivity index is 1.59. The normalized spacial score (nSPS) is 19.3.